The van der Waals surface area contributed by atoms with Crippen LogP contribution in [0, 0.1) is 5.92 Å². The predicted octanol–water partition coefficient (Wildman–Crippen LogP) is 3.77. The minimum Gasteiger partial charge on any atom is -0.211 e. The zero-order valence-electron chi connectivity index (χ0n) is 7.89. The van der Waals surface area contributed by atoms with E-state index in [-0.39, 0.29) is 11.7 Å². The number of hydrogen-bond acceptors (Lipinski definition) is 0. The van der Waals surface area contributed by atoms with Crippen molar-refractivity contribution in [3.8, 4) is 0 Å². The molecule has 0 nitrogen and oxygen atoms in total. The Morgan fingerprint density at radius 1 is 1.25 bits per heavy atom. The topological polar surface area (TPSA) is 0 Å². The zero-order valence-corrected chi connectivity index (χ0v) is 7.89. The van der Waals surface area contributed by atoms with Crippen LogP contribution in [0.5, 0.6) is 0 Å². The average Bonchev–Trinajstić information content (AvgIpc) is 2.09. The summed E-state index contributed by atoms with van der Waals surface area (Å²) in [6, 6.07) is 0. The Bertz CT molecular complexity index is 256. The van der Waals surface area contributed by atoms with Crippen LogP contribution in [0.2, 0.25) is 0 Å². The lowest BCUT2D eigenvalue weighted by molar-refractivity contribution is 0.514. The monoisotopic (exact) mass is 166 g/mol. The van der Waals surface area contributed by atoms with E-state index in [4.69, 9.17) is 0 Å². The maximum Gasteiger partial charge on any atom is 0.107 e. The van der Waals surface area contributed by atoms with Crippen LogP contribution in [0.4, 0.5) is 4.39 Å². The predicted molar refractivity (Wildman–Crippen MR) is 50.5 cm³/mol. The molecular formula is C11H15F. The van der Waals surface area contributed by atoms with E-state index in [1.54, 1.807) is 6.08 Å². The van der Waals surface area contributed by atoms with E-state index in [1.807, 2.05) is 32.9 Å². The lowest BCUT2D eigenvalue weighted by Crippen LogP contribution is -1.94. The molecule has 0 aliphatic heterocycles. The molecule has 0 N–H and O–H groups in total. The molecule has 0 aromatic heterocycles. The smallest absolute Gasteiger partial charge is 0.107 e. The second-order valence-corrected chi connectivity index (χ2v) is 3.34. The Morgan fingerprint density at radius 3 is 2.50 bits per heavy atom. The van der Waals surface area contributed by atoms with Crippen LogP contribution < -0.4 is 0 Å². The Morgan fingerprint density at radius 2 is 1.92 bits per heavy atom. The molecule has 0 saturated carbocycles. The fraction of sp³-hybridized carbons (Fsp3) is 0.455. The maximum absolute atomic E-state index is 13.3. The van der Waals surface area contributed by atoms with E-state index in [2.05, 4.69) is 0 Å². The van der Waals surface area contributed by atoms with Gasteiger partial charge in [0.2, 0.25) is 0 Å². The van der Waals surface area contributed by atoms with Crippen LogP contribution in [0.25, 0.3) is 0 Å². The zero-order chi connectivity index (χ0) is 9.14. The van der Waals surface area contributed by atoms with E-state index in [1.165, 1.54) is 0 Å². The first-order valence-electron chi connectivity index (χ1n) is 4.37. The molecule has 1 aliphatic carbocycles. The van der Waals surface area contributed by atoms with Crippen molar-refractivity contribution in [1.82, 2.24) is 0 Å². The highest BCUT2D eigenvalue weighted by Crippen LogP contribution is 2.24. The molecule has 1 unspecified atom stereocenters. The normalized spacial score (nSPS) is 24.0. The fourth-order valence-electron chi connectivity index (χ4n) is 1.48. The molecule has 1 aliphatic rings. The van der Waals surface area contributed by atoms with Gasteiger partial charge in [-0.15, -0.1) is 0 Å². The third-order valence-electron chi connectivity index (χ3n) is 2.08. The van der Waals surface area contributed by atoms with E-state index in [9.17, 15) is 4.39 Å². The number of halogens is 1. The minimum absolute atomic E-state index is 0.0110. The molecule has 1 rings (SSSR count). The van der Waals surface area contributed by atoms with Crippen LogP contribution in [-0.4, -0.2) is 0 Å². The molecule has 0 fully saturated rings. The summed E-state index contributed by atoms with van der Waals surface area (Å²) in [4.78, 5) is 0. The SMILES string of the molecule is CCC1C=C(C)C=C(C)C=C1F. The Balaban J connectivity index is 2.98. The third kappa shape index (κ3) is 2.07. The largest absolute Gasteiger partial charge is 0.211 e. The van der Waals surface area contributed by atoms with Crippen LogP contribution in [-0.2, 0) is 0 Å². The highest BCUT2D eigenvalue weighted by atomic mass is 19.1. The van der Waals surface area contributed by atoms with Gasteiger partial charge in [0.05, 0.1) is 0 Å². The molecule has 0 amide bonds. The summed E-state index contributed by atoms with van der Waals surface area (Å²) in [7, 11) is 0. The summed E-state index contributed by atoms with van der Waals surface area (Å²) in [5.74, 6) is -0.0261. The molecule has 1 heteroatoms. The summed E-state index contributed by atoms with van der Waals surface area (Å²) in [5.41, 5.74) is 2.15. The highest BCUT2D eigenvalue weighted by molar-refractivity contribution is 5.34. The molecule has 12 heavy (non-hydrogen) atoms. The van der Waals surface area contributed by atoms with Gasteiger partial charge in [-0.1, -0.05) is 24.6 Å². The van der Waals surface area contributed by atoms with Crippen LogP contribution in [0.15, 0.2) is 35.2 Å². The summed E-state index contributed by atoms with van der Waals surface area (Å²) in [5, 5.41) is 0. The molecule has 0 aromatic carbocycles. The van der Waals surface area contributed by atoms with Crippen molar-refractivity contribution in [2.24, 2.45) is 5.92 Å². The summed E-state index contributed by atoms with van der Waals surface area (Å²) in [6.07, 6.45) is 6.46. The van der Waals surface area contributed by atoms with Gasteiger partial charge in [-0.3, -0.25) is 0 Å². The van der Waals surface area contributed by atoms with Crippen LogP contribution in [0.3, 0.4) is 0 Å². The Labute approximate surface area is 73.5 Å². The molecular weight excluding hydrogens is 151 g/mol. The van der Waals surface area contributed by atoms with E-state index in [0.29, 0.717) is 0 Å². The van der Waals surface area contributed by atoms with E-state index >= 15 is 0 Å². The van der Waals surface area contributed by atoms with Gasteiger partial charge >= 0.3 is 0 Å². The van der Waals surface area contributed by atoms with Gasteiger partial charge in [0.1, 0.15) is 5.83 Å². The highest BCUT2D eigenvalue weighted by Gasteiger charge is 2.11. The second kappa shape index (κ2) is 3.70. The molecule has 0 saturated heterocycles. The molecule has 0 heterocycles. The summed E-state index contributed by atoms with van der Waals surface area (Å²) < 4.78 is 13.3. The average molecular weight is 166 g/mol. The van der Waals surface area contributed by atoms with Gasteiger partial charge in [0, 0.05) is 5.92 Å². The van der Waals surface area contributed by atoms with Crippen molar-refractivity contribution in [3.05, 3.63) is 35.2 Å². The van der Waals surface area contributed by atoms with Crippen molar-refractivity contribution in [3.63, 3.8) is 0 Å². The standard InChI is InChI=1S/C11H15F/c1-4-10-6-8(2)5-9(3)7-11(10)12/h5-7,10H,4H2,1-3H3. The quantitative estimate of drug-likeness (QED) is 0.556. The van der Waals surface area contributed by atoms with E-state index < -0.39 is 0 Å². The molecule has 1 atom stereocenters. The fourth-order valence-corrected chi connectivity index (χ4v) is 1.48. The maximum atomic E-state index is 13.3. The summed E-state index contributed by atoms with van der Waals surface area (Å²) >= 11 is 0. The molecule has 66 valence electrons. The Kier molecular flexibility index (Phi) is 2.85. The minimum atomic E-state index is -0.0151. The van der Waals surface area contributed by atoms with Gasteiger partial charge in [-0.25, -0.2) is 4.39 Å². The number of hydrogen-bond donors (Lipinski definition) is 0. The Hall–Kier alpha value is -0.850. The van der Waals surface area contributed by atoms with Gasteiger partial charge in [0.15, 0.2) is 0 Å². The third-order valence-corrected chi connectivity index (χ3v) is 2.08. The van der Waals surface area contributed by atoms with E-state index in [0.717, 1.165) is 17.6 Å². The second-order valence-electron chi connectivity index (χ2n) is 3.34. The first kappa shape index (κ1) is 9.24. The van der Waals surface area contributed by atoms with Gasteiger partial charge in [-0.05, 0) is 31.9 Å². The van der Waals surface area contributed by atoms with Crippen molar-refractivity contribution >= 4 is 0 Å². The lowest BCUT2D eigenvalue weighted by atomic mass is 10.0. The van der Waals surface area contributed by atoms with Crippen LogP contribution >= 0.6 is 0 Å². The van der Waals surface area contributed by atoms with Crippen molar-refractivity contribution in [2.45, 2.75) is 27.2 Å². The lowest BCUT2D eigenvalue weighted by Gasteiger charge is -2.05. The number of allylic oxidation sites excluding steroid dienone is 6. The molecule has 0 spiro atoms. The first-order chi connectivity index (χ1) is 5.63. The van der Waals surface area contributed by atoms with Gasteiger partial charge in [0.25, 0.3) is 0 Å². The molecule has 0 aromatic rings. The van der Waals surface area contributed by atoms with Crippen molar-refractivity contribution in [2.75, 3.05) is 0 Å². The molecule has 0 radical (unpaired) electrons. The van der Waals surface area contributed by atoms with Crippen molar-refractivity contribution in [1.29, 1.82) is 0 Å². The number of rotatable bonds is 1. The van der Waals surface area contributed by atoms with Gasteiger partial charge in [-0.2, -0.15) is 0 Å². The van der Waals surface area contributed by atoms with Gasteiger partial charge < -0.3 is 0 Å². The first-order valence-corrected chi connectivity index (χ1v) is 4.37. The summed E-state index contributed by atoms with van der Waals surface area (Å²) in [6.45, 7) is 5.94. The van der Waals surface area contributed by atoms with Crippen molar-refractivity contribution < 1.29 is 4.39 Å². The molecule has 0 bridgehead atoms. The van der Waals surface area contributed by atoms with Crippen LogP contribution in [0.1, 0.15) is 27.2 Å².